The highest BCUT2D eigenvalue weighted by molar-refractivity contribution is 5.95. The van der Waals surface area contributed by atoms with Crippen LogP contribution in [0.15, 0.2) is 54.3 Å². The van der Waals surface area contributed by atoms with Crippen LogP contribution in [-0.2, 0) is 35.2 Å². The van der Waals surface area contributed by atoms with Gasteiger partial charge in [-0.25, -0.2) is 0 Å². The number of rotatable bonds is 27. The number of aliphatic hydroxyl groups excluding tert-OH is 3. The number of hydrogen-bond acceptors (Lipinski definition) is 13. The van der Waals surface area contributed by atoms with Crippen LogP contribution in [0.25, 0.3) is 0 Å². The Labute approximate surface area is 310 Å². The number of nitrogens with zero attached hydrogens (tertiary/aromatic N) is 3. The van der Waals surface area contributed by atoms with E-state index in [0.717, 1.165) is 5.56 Å². The maximum atomic E-state index is 12.9. The molecule has 1 aliphatic carbocycles. The van der Waals surface area contributed by atoms with E-state index in [4.69, 9.17) is 4.74 Å². The summed E-state index contributed by atoms with van der Waals surface area (Å²) in [7, 11) is 0. The van der Waals surface area contributed by atoms with Crippen molar-refractivity contribution in [1.29, 1.82) is 0 Å². The van der Waals surface area contributed by atoms with E-state index >= 15 is 0 Å². The SMILES string of the molecule is CCN(C(=O)CCC/C=C\C[C@H]1[C@@H](/C(=C\[C@@H](O)CCc2ccccc2)OC(=O)CCCCCO[N+](=O)[O-])[C@H](O)C[C@@H]1O)C(=O)CCCCCO[N+](=O)[O-]. The molecule has 296 valence electrons. The number of hydrogen-bond donors (Lipinski definition) is 3. The summed E-state index contributed by atoms with van der Waals surface area (Å²) in [5.41, 5.74) is 1.02. The molecule has 0 unspecified atom stereocenters. The normalized spacial score (nSPS) is 19.1. The molecule has 0 aromatic heterocycles. The molecule has 1 aromatic rings. The van der Waals surface area contributed by atoms with Gasteiger partial charge in [-0.2, -0.15) is 0 Å². The van der Waals surface area contributed by atoms with Crippen molar-refractivity contribution in [3.8, 4) is 0 Å². The van der Waals surface area contributed by atoms with Gasteiger partial charge >= 0.3 is 5.97 Å². The Kier molecular flexibility index (Phi) is 21.6. The van der Waals surface area contributed by atoms with Crippen molar-refractivity contribution in [3.63, 3.8) is 0 Å². The van der Waals surface area contributed by atoms with E-state index in [1.165, 1.54) is 11.0 Å². The minimum atomic E-state index is -1.03. The Hall–Kier alpha value is -4.41. The maximum absolute atomic E-state index is 12.9. The molecule has 0 saturated heterocycles. The lowest BCUT2D eigenvalue weighted by Crippen LogP contribution is -2.36. The maximum Gasteiger partial charge on any atom is 0.310 e. The first-order chi connectivity index (χ1) is 25.4. The van der Waals surface area contributed by atoms with Crippen LogP contribution in [0.4, 0.5) is 0 Å². The third-order valence-electron chi connectivity index (χ3n) is 9.05. The second-order valence-electron chi connectivity index (χ2n) is 13.1. The van der Waals surface area contributed by atoms with Gasteiger partial charge in [-0.1, -0.05) is 55.3 Å². The van der Waals surface area contributed by atoms with Crippen LogP contribution in [-0.4, -0.2) is 86.2 Å². The van der Waals surface area contributed by atoms with Crippen molar-refractivity contribution >= 4 is 17.8 Å². The number of carbonyl (C=O) groups excluding carboxylic acids is 3. The quantitative estimate of drug-likeness (QED) is 0.0275. The molecule has 16 heteroatoms. The number of ether oxygens (including phenoxy) is 1. The zero-order valence-corrected chi connectivity index (χ0v) is 30.5. The summed E-state index contributed by atoms with van der Waals surface area (Å²) in [6, 6.07) is 9.57. The first-order valence-corrected chi connectivity index (χ1v) is 18.5. The molecule has 0 heterocycles. The third-order valence-corrected chi connectivity index (χ3v) is 9.05. The molecular weight excluding hydrogens is 694 g/mol. The number of esters is 1. The molecule has 0 radical (unpaired) electrons. The fraction of sp³-hybridized carbons (Fsp3) is 0.649. The first-order valence-electron chi connectivity index (χ1n) is 18.5. The lowest BCUT2D eigenvalue weighted by Gasteiger charge is -2.25. The zero-order chi connectivity index (χ0) is 39.0. The fourth-order valence-electron chi connectivity index (χ4n) is 6.31. The molecule has 1 aliphatic rings. The minimum Gasteiger partial charge on any atom is -0.431 e. The summed E-state index contributed by atoms with van der Waals surface area (Å²) >= 11 is 0. The molecule has 2 rings (SSSR count). The van der Waals surface area contributed by atoms with Gasteiger partial charge in [0.15, 0.2) is 0 Å². The average Bonchev–Trinajstić information content (AvgIpc) is 3.40. The topological polar surface area (TPSA) is 229 Å². The Morgan fingerprint density at radius 2 is 1.47 bits per heavy atom. The number of allylic oxidation sites excluding steroid dienone is 2. The lowest BCUT2D eigenvalue weighted by molar-refractivity contribution is -0.757. The summed E-state index contributed by atoms with van der Waals surface area (Å²) < 4.78 is 5.75. The average molecular weight is 750 g/mol. The smallest absolute Gasteiger partial charge is 0.310 e. The van der Waals surface area contributed by atoms with Crippen molar-refractivity contribution in [1.82, 2.24) is 4.90 Å². The molecule has 53 heavy (non-hydrogen) atoms. The Morgan fingerprint density at radius 3 is 2.08 bits per heavy atom. The standard InChI is InChI=1S/C37H55N3O13/c1-2-38(35(45)20-12-6-14-24-51-39(47)48)34(44)19-11-4-3-10-18-30-31(42)27-32(43)37(30)33(26-29(41)23-22-28-16-8-5-9-17-28)53-36(46)21-13-7-15-25-52-40(49)50/h3,5,8-10,16-17,26,29-32,37,41-43H,2,4,6-7,11-15,18-25,27H2,1H3/b10-3-,33-26+/t29-,30+,31-,32+,37+/m0/s1. The highest BCUT2D eigenvalue weighted by atomic mass is 17.0. The van der Waals surface area contributed by atoms with Crippen LogP contribution in [0.2, 0.25) is 0 Å². The van der Waals surface area contributed by atoms with Gasteiger partial charge in [0.25, 0.3) is 10.2 Å². The van der Waals surface area contributed by atoms with E-state index in [0.29, 0.717) is 70.6 Å². The molecule has 1 aromatic carbocycles. The van der Waals surface area contributed by atoms with Gasteiger partial charge in [0.1, 0.15) is 5.76 Å². The second-order valence-corrected chi connectivity index (χ2v) is 13.1. The largest absolute Gasteiger partial charge is 0.431 e. The second kappa shape index (κ2) is 25.5. The van der Waals surface area contributed by atoms with Gasteiger partial charge in [0, 0.05) is 44.1 Å². The predicted molar refractivity (Wildman–Crippen MR) is 191 cm³/mol. The monoisotopic (exact) mass is 749 g/mol. The van der Waals surface area contributed by atoms with E-state index in [9.17, 15) is 49.9 Å². The number of imide groups is 1. The molecule has 0 bridgehead atoms. The molecule has 2 amide bonds. The van der Waals surface area contributed by atoms with Crippen molar-refractivity contribution in [2.75, 3.05) is 19.8 Å². The predicted octanol–water partition coefficient (Wildman–Crippen LogP) is 4.79. The van der Waals surface area contributed by atoms with Gasteiger partial charge in [-0.05, 0) is 76.4 Å². The summed E-state index contributed by atoms with van der Waals surface area (Å²) in [5.74, 6) is -2.37. The highest BCUT2D eigenvalue weighted by Gasteiger charge is 2.44. The Balaban J connectivity index is 1.97. The van der Waals surface area contributed by atoms with Crippen LogP contribution < -0.4 is 0 Å². The van der Waals surface area contributed by atoms with Gasteiger partial charge in [0.05, 0.1) is 31.5 Å². The number of aliphatic hydroxyl groups is 3. The third kappa shape index (κ3) is 18.3. The summed E-state index contributed by atoms with van der Waals surface area (Å²) in [4.78, 5) is 68.5. The van der Waals surface area contributed by atoms with E-state index < -0.39 is 46.3 Å². The molecule has 3 N–H and O–H groups in total. The molecule has 1 fully saturated rings. The molecule has 5 atom stereocenters. The highest BCUT2D eigenvalue weighted by Crippen LogP contribution is 2.41. The van der Waals surface area contributed by atoms with Gasteiger partial charge in [0.2, 0.25) is 11.8 Å². The number of benzene rings is 1. The Bertz CT molecular complexity index is 1340. The van der Waals surface area contributed by atoms with E-state index in [-0.39, 0.29) is 63.0 Å². The van der Waals surface area contributed by atoms with Crippen LogP contribution in [0, 0.1) is 32.1 Å². The van der Waals surface area contributed by atoms with Crippen molar-refractivity contribution in [3.05, 3.63) is 80.1 Å². The number of aryl methyl sites for hydroxylation is 1. The molecule has 0 spiro atoms. The molecule has 1 saturated carbocycles. The molecule has 0 aliphatic heterocycles. The van der Waals surface area contributed by atoms with Gasteiger partial charge < -0.3 is 29.7 Å². The fourth-order valence-corrected chi connectivity index (χ4v) is 6.31. The summed E-state index contributed by atoms with van der Waals surface area (Å²) in [6.45, 7) is 1.84. The van der Waals surface area contributed by atoms with Crippen LogP contribution in [0.3, 0.4) is 0 Å². The molecule has 16 nitrogen and oxygen atoms in total. The van der Waals surface area contributed by atoms with Gasteiger partial charge in [-0.15, -0.1) is 20.2 Å². The van der Waals surface area contributed by atoms with Crippen molar-refractivity contribution in [2.45, 2.75) is 122 Å². The summed E-state index contributed by atoms with van der Waals surface area (Å²) in [5, 5.41) is 51.7. The lowest BCUT2D eigenvalue weighted by atomic mass is 9.87. The van der Waals surface area contributed by atoms with Crippen molar-refractivity contribution in [2.24, 2.45) is 11.8 Å². The number of unbranched alkanes of at least 4 members (excludes halogenated alkanes) is 5. The van der Waals surface area contributed by atoms with Gasteiger partial charge in [-0.3, -0.25) is 19.3 Å². The minimum absolute atomic E-state index is 0.00700. The zero-order valence-electron chi connectivity index (χ0n) is 30.5. The van der Waals surface area contributed by atoms with Crippen molar-refractivity contribution < 1.29 is 54.3 Å². The van der Waals surface area contributed by atoms with Crippen LogP contribution in [0.1, 0.15) is 102 Å². The van der Waals surface area contributed by atoms with E-state index in [1.807, 2.05) is 42.5 Å². The number of carbonyl (C=O) groups is 3. The number of amides is 2. The van der Waals surface area contributed by atoms with Crippen LogP contribution in [0.5, 0.6) is 0 Å². The van der Waals surface area contributed by atoms with E-state index in [1.54, 1.807) is 6.92 Å². The van der Waals surface area contributed by atoms with E-state index in [2.05, 4.69) is 9.68 Å². The first kappa shape index (κ1) is 44.7. The molecular formula is C37H55N3O13. The van der Waals surface area contributed by atoms with Crippen LogP contribution >= 0.6 is 0 Å². The summed E-state index contributed by atoms with van der Waals surface area (Å²) in [6.07, 6.45) is 7.53. The Morgan fingerprint density at radius 1 is 0.868 bits per heavy atom.